The summed E-state index contributed by atoms with van der Waals surface area (Å²) in [5.74, 6) is 0. The molecule has 0 aliphatic rings. The first-order chi connectivity index (χ1) is 2.41. The van der Waals surface area contributed by atoms with Crippen LogP contribution in [0.2, 0.25) is 0 Å². The Bertz CT molecular complexity index is 19.2. The van der Waals surface area contributed by atoms with Crippen molar-refractivity contribution in [1.29, 1.82) is 0 Å². The Balaban J connectivity index is -0.0000000800. The van der Waals surface area contributed by atoms with Crippen molar-refractivity contribution >= 4 is 0 Å². The van der Waals surface area contributed by atoms with E-state index >= 15 is 0 Å². The maximum absolute atomic E-state index is 2.18. The van der Waals surface area contributed by atoms with Crippen LogP contribution in [-0.4, -0.2) is 19.1 Å². The van der Waals surface area contributed by atoms with Crippen LogP contribution in [-0.2, 0) is 0 Å². The number of rotatable bonds is 2. The van der Waals surface area contributed by atoms with E-state index in [1.165, 1.54) is 13.0 Å². The number of quaternary nitrogens is 1. The van der Waals surface area contributed by atoms with Gasteiger partial charge in [-0.1, -0.05) is 6.92 Å². The maximum atomic E-state index is 2.18. The maximum Gasteiger partial charge on any atom is 0.0750 e. The van der Waals surface area contributed by atoms with Crippen molar-refractivity contribution in [2.24, 2.45) is 0 Å². The van der Waals surface area contributed by atoms with Crippen LogP contribution in [0.4, 0.5) is 0 Å². The molecular formula is C4H14ClNO. The molecule has 0 aromatic heterocycles. The topological polar surface area (TPSA) is 48.1 Å². The minimum Gasteiger partial charge on any atom is -1.00 e. The second kappa shape index (κ2) is 16.4. The fraction of sp³-hybridized carbons (Fsp3) is 1.00. The van der Waals surface area contributed by atoms with Crippen LogP contribution in [0, 0.1) is 0 Å². The summed E-state index contributed by atoms with van der Waals surface area (Å²) in [6, 6.07) is 0. The fourth-order valence-electron chi connectivity index (χ4n) is 0.289. The molecule has 0 amide bonds. The summed E-state index contributed by atoms with van der Waals surface area (Å²) in [5.41, 5.74) is 0. The third-order valence-corrected chi connectivity index (χ3v) is 0.577. The fourth-order valence-corrected chi connectivity index (χ4v) is 0.289. The van der Waals surface area contributed by atoms with E-state index in [1.54, 1.807) is 0 Å². The van der Waals surface area contributed by atoms with Crippen molar-refractivity contribution in [3.63, 3.8) is 0 Å². The highest BCUT2D eigenvalue weighted by atomic mass is 35.5. The van der Waals surface area contributed by atoms with E-state index in [0.29, 0.717) is 0 Å². The second-order valence-corrected chi connectivity index (χ2v) is 1.20. The monoisotopic (exact) mass is 127 g/mol. The van der Waals surface area contributed by atoms with E-state index < -0.39 is 0 Å². The van der Waals surface area contributed by atoms with Gasteiger partial charge in [-0.3, -0.25) is 0 Å². The molecule has 0 aromatic rings. The third-order valence-electron chi connectivity index (χ3n) is 0.577. The highest BCUT2D eigenvalue weighted by Gasteiger charge is 1.68. The van der Waals surface area contributed by atoms with Gasteiger partial charge in [0.15, 0.2) is 0 Å². The lowest BCUT2D eigenvalue weighted by atomic mass is 10.5. The first kappa shape index (κ1) is 15.7. The summed E-state index contributed by atoms with van der Waals surface area (Å²) in [7, 11) is 2.09. The zero-order chi connectivity index (χ0) is 4.12. The number of hydrogen-bond acceptors (Lipinski definition) is 0. The minimum absolute atomic E-state index is 0. The normalized spacial score (nSPS) is 6.00. The van der Waals surface area contributed by atoms with Crippen molar-refractivity contribution in [2.75, 3.05) is 13.6 Å². The molecule has 0 rings (SSSR count). The Kier molecular flexibility index (Phi) is 36.7. The third kappa shape index (κ3) is 22.5. The van der Waals surface area contributed by atoms with E-state index in [1.807, 2.05) is 0 Å². The molecule has 0 fully saturated rings. The van der Waals surface area contributed by atoms with Gasteiger partial charge in [0.25, 0.3) is 0 Å². The van der Waals surface area contributed by atoms with Crippen LogP contribution in [0.3, 0.4) is 0 Å². The summed E-state index contributed by atoms with van der Waals surface area (Å²) in [6.07, 6.45) is 1.29. The predicted octanol–water partition coefficient (Wildman–Crippen LogP) is -4.23. The van der Waals surface area contributed by atoms with Crippen molar-refractivity contribution in [2.45, 2.75) is 13.3 Å². The molecule has 7 heavy (non-hydrogen) atoms. The first-order valence-corrected chi connectivity index (χ1v) is 2.19. The van der Waals surface area contributed by atoms with Crippen molar-refractivity contribution in [3.8, 4) is 0 Å². The molecule has 0 aromatic carbocycles. The Labute approximate surface area is 51.0 Å². The smallest absolute Gasteiger partial charge is 0.0750 e. The molecule has 0 spiro atoms. The van der Waals surface area contributed by atoms with Gasteiger partial charge in [-0.15, -0.1) is 0 Å². The van der Waals surface area contributed by atoms with Gasteiger partial charge >= 0.3 is 0 Å². The summed E-state index contributed by atoms with van der Waals surface area (Å²) in [6.45, 7) is 3.44. The molecule has 0 aliphatic carbocycles. The van der Waals surface area contributed by atoms with Crippen LogP contribution in [0.15, 0.2) is 0 Å². The molecule has 3 heteroatoms. The van der Waals surface area contributed by atoms with Gasteiger partial charge in [0, 0.05) is 0 Å². The average Bonchev–Trinajstić information content (AvgIpc) is 1.41. The van der Waals surface area contributed by atoms with Crippen molar-refractivity contribution < 1.29 is 23.2 Å². The van der Waals surface area contributed by atoms with Gasteiger partial charge in [0.05, 0.1) is 13.6 Å². The summed E-state index contributed by atoms with van der Waals surface area (Å²) in [5, 5.41) is 2.18. The molecule has 0 atom stereocenters. The average molecular weight is 128 g/mol. The Hall–Kier alpha value is 0.210. The number of nitrogens with two attached hydrogens (primary N) is 1. The SMILES string of the molecule is CCC[NH2+]C.O.[Cl-]. The Morgan fingerprint density at radius 2 is 1.86 bits per heavy atom. The van der Waals surface area contributed by atoms with Crippen LogP contribution in [0.5, 0.6) is 0 Å². The van der Waals surface area contributed by atoms with Crippen molar-refractivity contribution in [1.82, 2.24) is 0 Å². The van der Waals surface area contributed by atoms with Gasteiger partial charge in [-0.25, -0.2) is 0 Å². The van der Waals surface area contributed by atoms with Crippen LogP contribution in [0.1, 0.15) is 13.3 Å². The van der Waals surface area contributed by atoms with Crippen LogP contribution >= 0.6 is 0 Å². The molecule has 0 aliphatic heterocycles. The van der Waals surface area contributed by atoms with Crippen molar-refractivity contribution in [3.05, 3.63) is 0 Å². The highest BCUT2D eigenvalue weighted by molar-refractivity contribution is 4.09. The van der Waals surface area contributed by atoms with Gasteiger partial charge in [-0.05, 0) is 6.42 Å². The Morgan fingerprint density at radius 1 is 1.43 bits per heavy atom. The lowest BCUT2D eigenvalue weighted by Crippen LogP contribution is -3.00. The van der Waals surface area contributed by atoms with Gasteiger partial charge < -0.3 is 23.2 Å². The van der Waals surface area contributed by atoms with Gasteiger partial charge in [-0.2, -0.15) is 0 Å². The van der Waals surface area contributed by atoms with Gasteiger partial charge in [0.1, 0.15) is 0 Å². The quantitative estimate of drug-likeness (QED) is 0.391. The predicted molar refractivity (Wildman–Crippen MR) is 26.6 cm³/mol. The van der Waals surface area contributed by atoms with Gasteiger partial charge in [0.2, 0.25) is 0 Å². The first-order valence-electron chi connectivity index (χ1n) is 2.19. The largest absolute Gasteiger partial charge is 1.00 e. The zero-order valence-corrected chi connectivity index (χ0v) is 5.63. The second-order valence-electron chi connectivity index (χ2n) is 1.20. The lowest BCUT2D eigenvalue weighted by molar-refractivity contribution is -0.626. The van der Waals surface area contributed by atoms with Crippen LogP contribution < -0.4 is 17.7 Å². The standard InChI is InChI=1S/C4H11N.ClH.H2O/c1-3-4-5-2;;/h5H,3-4H2,1-2H3;1H;1H2. The number of hydrogen-bond donors (Lipinski definition) is 1. The summed E-state index contributed by atoms with van der Waals surface area (Å²) < 4.78 is 0. The Morgan fingerprint density at radius 3 is 1.86 bits per heavy atom. The minimum atomic E-state index is 0. The molecule has 0 unspecified atom stereocenters. The van der Waals surface area contributed by atoms with E-state index in [9.17, 15) is 0 Å². The molecule has 0 bridgehead atoms. The molecule has 4 N–H and O–H groups in total. The van der Waals surface area contributed by atoms with E-state index in [-0.39, 0.29) is 17.9 Å². The lowest BCUT2D eigenvalue weighted by Gasteiger charge is -1.81. The van der Waals surface area contributed by atoms with E-state index in [0.717, 1.165) is 0 Å². The van der Waals surface area contributed by atoms with E-state index in [2.05, 4.69) is 19.3 Å². The van der Waals surface area contributed by atoms with E-state index in [4.69, 9.17) is 0 Å². The molecular weight excluding hydrogens is 114 g/mol. The molecule has 48 valence electrons. The molecule has 0 heterocycles. The zero-order valence-electron chi connectivity index (χ0n) is 4.87. The molecule has 0 saturated heterocycles. The molecule has 0 radical (unpaired) electrons. The number of halogens is 1. The summed E-state index contributed by atoms with van der Waals surface area (Å²) in [4.78, 5) is 0. The summed E-state index contributed by atoms with van der Waals surface area (Å²) >= 11 is 0. The molecule has 2 nitrogen and oxygen atoms in total. The van der Waals surface area contributed by atoms with Crippen LogP contribution in [0.25, 0.3) is 0 Å². The molecule has 0 saturated carbocycles. The highest BCUT2D eigenvalue weighted by Crippen LogP contribution is 1.56.